The fourth-order valence-electron chi connectivity index (χ4n) is 3.78. The molecule has 2 aliphatic rings. The maximum atomic E-state index is 12.6. The minimum Gasteiger partial charge on any atom is -0.497 e. The first-order valence-electron chi connectivity index (χ1n) is 7.66. The van der Waals surface area contributed by atoms with E-state index in [1.165, 1.54) is 14.2 Å². The smallest absolute Gasteiger partial charge is 0.326 e. The normalized spacial score (nSPS) is 32.0. The first kappa shape index (κ1) is 16.4. The van der Waals surface area contributed by atoms with Gasteiger partial charge in [-0.1, -0.05) is 12.1 Å². The number of imide groups is 1. The first-order valence-corrected chi connectivity index (χ1v) is 7.66. The van der Waals surface area contributed by atoms with Gasteiger partial charge in [-0.25, -0.2) is 0 Å². The third-order valence-electron chi connectivity index (χ3n) is 5.09. The van der Waals surface area contributed by atoms with Gasteiger partial charge in [-0.15, -0.1) is 0 Å². The van der Waals surface area contributed by atoms with E-state index in [2.05, 4.69) is 5.32 Å². The molecule has 4 atom stereocenters. The van der Waals surface area contributed by atoms with Crippen molar-refractivity contribution in [1.82, 2.24) is 10.2 Å². The number of fused-ring (bicyclic) bond motifs is 1. The second-order valence-electron chi connectivity index (χ2n) is 6.33. The molecule has 0 aliphatic carbocycles. The Hall–Kier alpha value is -2.41. The molecule has 2 saturated heterocycles. The average molecular weight is 332 g/mol. The van der Waals surface area contributed by atoms with E-state index in [-0.39, 0.29) is 11.8 Å². The molecule has 1 N–H and O–H groups in total. The number of methoxy groups -OCH3 is 2. The fourth-order valence-corrected chi connectivity index (χ4v) is 3.78. The van der Waals surface area contributed by atoms with E-state index in [0.717, 1.165) is 10.5 Å². The molecule has 2 fully saturated rings. The minimum absolute atomic E-state index is 0.286. The number of carbonyl (C=O) groups excluding carboxylic acids is 3. The van der Waals surface area contributed by atoms with E-state index in [4.69, 9.17) is 9.47 Å². The fraction of sp³-hybridized carbons (Fsp3) is 0.471. The number of nitrogens with zero attached hydrogens (tertiary/aromatic N) is 1. The zero-order chi connectivity index (χ0) is 17.6. The van der Waals surface area contributed by atoms with Gasteiger partial charge in [0.1, 0.15) is 11.3 Å². The highest BCUT2D eigenvalue weighted by molar-refractivity contribution is 6.09. The summed E-state index contributed by atoms with van der Waals surface area (Å²) in [7, 11) is 4.29. The maximum absolute atomic E-state index is 12.6. The summed E-state index contributed by atoms with van der Waals surface area (Å²) in [6.07, 6.45) is 0. The van der Waals surface area contributed by atoms with E-state index < -0.39 is 29.4 Å². The number of benzene rings is 1. The molecule has 0 bridgehead atoms. The first-order chi connectivity index (χ1) is 11.3. The molecular weight excluding hydrogens is 312 g/mol. The van der Waals surface area contributed by atoms with Crippen molar-refractivity contribution in [1.29, 1.82) is 0 Å². The molecule has 0 unspecified atom stereocenters. The van der Waals surface area contributed by atoms with Crippen molar-refractivity contribution >= 4 is 17.8 Å². The lowest BCUT2D eigenvalue weighted by molar-refractivity contribution is -0.152. The van der Waals surface area contributed by atoms with Gasteiger partial charge in [0.05, 0.1) is 26.1 Å². The largest absolute Gasteiger partial charge is 0.497 e. The summed E-state index contributed by atoms with van der Waals surface area (Å²) in [4.78, 5) is 38.6. The lowest BCUT2D eigenvalue weighted by atomic mass is 9.80. The Morgan fingerprint density at radius 1 is 1.17 bits per heavy atom. The summed E-state index contributed by atoms with van der Waals surface area (Å²) in [6, 6.07) is 6.76. The lowest BCUT2D eigenvalue weighted by Crippen LogP contribution is -2.53. The Bertz CT molecular complexity index is 701. The number of amides is 2. The standard InChI is InChI=1S/C17H20N2O5/c1-17(16(22)24-4)12-11(14(20)19(2)15(12)21)13(18-17)9-5-7-10(23-3)8-6-9/h5-8,11-13,18H,1-4H3/t11-,12-,13+,17+/m0/s1. The van der Waals surface area contributed by atoms with E-state index in [0.29, 0.717) is 5.75 Å². The lowest BCUT2D eigenvalue weighted by Gasteiger charge is -2.27. The molecule has 0 aromatic heterocycles. The summed E-state index contributed by atoms with van der Waals surface area (Å²) in [5.41, 5.74) is -0.434. The second kappa shape index (κ2) is 5.59. The molecule has 24 heavy (non-hydrogen) atoms. The predicted molar refractivity (Wildman–Crippen MR) is 84.0 cm³/mol. The van der Waals surface area contributed by atoms with Crippen LogP contribution in [0.1, 0.15) is 18.5 Å². The molecule has 7 heteroatoms. The average Bonchev–Trinajstić information content (AvgIpc) is 3.04. The van der Waals surface area contributed by atoms with Crippen LogP contribution in [0.4, 0.5) is 0 Å². The van der Waals surface area contributed by atoms with Crippen LogP contribution in [-0.2, 0) is 19.1 Å². The van der Waals surface area contributed by atoms with Gasteiger partial charge < -0.3 is 9.47 Å². The number of nitrogens with one attached hydrogen (secondary N) is 1. The molecule has 0 saturated carbocycles. The second-order valence-corrected chi connectivity index (χ2v) is 6.33. The number of esters is 1. The number of hydrogen-bond donors (Lipinski definition) is 1. The Labute approximate surface area is 139 Å². The molecule has 128 valence electrons. The van der Waals surface area contributed by atoms with Crippen molar-refractivity contribution in [3.05, 3.63) is 29.8 Å². The maximum Gasteiger partial charge on any atom is 0.326 e. The van der Waals surface area contributed by atoms with Crippen LogP contribution >= 0.6 is 0 Å². The van der Waals surface area contributed by atoms with Gasteiger partial charge in [-0.05, 0) is 24.6 Å². The van der Waals surface area contributed by atoms with Crippen LogP contribution in [-0.4, -0.2) is 49.5 Å². The molecule has 2 heterocycles. The van der Waals surface area contributed by atoms with E-state index in [1.54, 1.807) is 26.2 Å². The third kappa shape index (κ3) is 2.11. The Morgan fingerprint density at radius 3 is 2.33 bits per heavy atom. The molecular formula is C17H20N2O5. The van der Waals surface area contributed by atoms with Gasteiger partial charge in [0, 0.05) is 13.1 Å². The van der Waals surface area contributed by atoms with Crippen LogP contribution < -0.4 is 10.1 Å². The molecule has 2 aliphatic heterocycles. The van der Waals surface area contributed by atoms with Gasteiger partial charge in [-0.3, -0.25) is 24.6 Å². The summed E-state index contributed by atoms with van der Waals surface area (Å²) >= 11 is 0. The highest BCUT2D eigenvalue weighted by Gasteiger charge is 2.66. The van der Waals surface area contributed by atoms with Crippen molar-refractivity contribution in [2.75, 3.05) is 21.3 Å². The number of carbonyl (C=O) groups is 3. The molecule has 0 radical (unpaired) electrons. The van der Waals surface area contributed by atoms with Crippen LogP contribution in [0.2, 0.25) is 0 Å². The van der Waals surface area contributed by atoms with E-state index in [9.17, 15) is 14.4 Å². The van der Waals surface area contributed by atoms with Crippen LogP contribution in [0.15, 0.2) is 24.3 Å². The van der Waals surface area contributed by atoms with Crippen LogP contribution in [0.5, 0.6) is 5.75 Å². The van der Waals surface area contributed by atoms with E-state index in [1.807, 2.05) is 12.1 Å². The molecule has 2 amide bonds. The quantitative estimate of drug-likeness (QED) is 0.641. The van der Waals surface area contributed by atoms with Crippen molar-refractivity contribution in [2.45, 2.75) is 18.5 Å². The highest BCUT2D eigenvalue weighted by atomic mass is 16.5. The van der Waals surface area contributed by atoms with Crippen LogP contribution in [0.25, 0.3) is 0 Å². The van der Waals surface area contributed by atoms with Crippen LogP contribution in [0, 0.1) is 11.8 Å². The van der Waals surface area contributed by atoms with Gasteiger partial charge in [-0.2, -0.15) is 0 Å². The topological polar surface area (TPSA) is 84.9 Å². The van der Waals surface area contributed by atoms with Crippen molar-refractivity contribution < 1.29 is 23.9 Å². The Morgan fingerprint density at radius 2 is 1.79 bits per heavy atom. The Kier molecular flexibility index (Phi) is 3.83. The highest BCUT2D eigenvalue weighted by Crippen LogP contribution is 2.48. The van der Waals surface area contributed by atoms with E-state index >= 15 is 0 Å². The summed E-state index contributed by atoms with van der Waals surface area (Å²) in [5.74, 6) is -1.93. The third-order valence-corrected chi connectivity index (χ3v) is 5.09. The zero-order valence-electron chi connectivity index (χ0n) is 14.0. The van der Waals surface area contributed by atoms with Crippen molar-refractivity contribution in [3.8, 4) is 5.75 Å². The van der Waals surface area contributed by atoms with Crippen molar-refractivity contribution in [2.24, 2.45) is 11.8 Å². The summed E-state index contributed by atoms with van der Waals surface area (Å²) in [5, 5.41) is 3.17. The minimum atomic E-state index is -1.25. The Balaban J connectivity index is 2.06. The monoisotopic (exact) mass is 332 g/mol. The van der Waals surface area contributed by atoms with Gasteiger partial charge in [0.25, 0.3) is 0 Å². The molecule has 1 aromatic carbocycles. The van der Waals surface area contributed by atoms with Gasteiger partial charge in [0.2, 0.25) is 11.8 Å². The van der Waals surface area contributed by atoms with Gasteiger partial charge in [0.15, 0.2) is 0 Å². The SMILES string of the molecule is COC(=O)[C@]1(C)N[C@H](c2ccc(OC)cc2)[C@H]2C(=O)N(C)C(=O)[C@H]21. The number of likely N-dealkylation sites (tertiary alicyclic amines) is 1. The van der Waals surface area contributed by atoms with Crippen LogP contribution in [0.3, 0.4) is 0 Å². The zero-order valence-corrected chi connectivity index (χ0v) is 14.0. The molecule has 7 nitrogen and oxygen atoms in total. The van der Waals surface area contributed by atoms with Crippen molar-refractivity contribution in [3.63, 3.8) is 0 Å². The van der Waals surface area contributed by atoms with Gasteiger partial charge >= 0.3 is 5.97 Å². The molecule has 3 rings (SSSR count). The summed E-state index contributed by atoms with van der Waals surface area (Å²) in [6.45, 7) is 1.62. The molecule has 1 aromatic rings. The molecule has 0 spiro atoms. The summed E-state index contributed by atoms with van der Waals surface area (Å²) < 4.78 is 10.0. The number of hydrogen-bond acceptors (Lipinski definition) is 6. The predicted octanol–water partition coefficient (Wildman–Crippen LogP) is 0.502. The number of ether oxygens (including phenoxy) is 2. The number of rotatable bonds is 3.